The van der Waals surface area contributed by atoms with Crippen molar-refractivity contribution in [1.29, 1.82) is 0 Å². The van der Waals surface area contributed by atoms with Gasteiger partial charge >= 0.3 is 0 Å². The SMILES string of the molecule is COc1cc(Br)ccc1C(Cc1ccc(C)cc1)NN. The quantitative estimate of drug-likeness (QED) is 0.649. The third-order valence-corrected chi connectivity index (χ3v) is 3.83. The second kappa shape index (κ2) is 6.88. The van der Waals surface area contributed by atoms with Gasteiger partial charge in [-0.25, -0.2) is 0 Å². The molecule has 20 heavy (non-hydrogen) atoms. The van der Waals surface area contributed by atoms with Gasteiger partial charge in [0, 0.05) is 10.0 Å². The highest BCUT2D eigenvalue weighted by Gasteiger charge is 2.15. The van der Waals surface area contributed by atoms with Crippen LogP contribution in [0.25, 0.3) is 0 Å². The van der Waals surface area contributed by atoms with Crippen LogP contribution in [0.3, 0.4) is 0 Å². The third-order valence-electron chi connectivity index (χ3n) is 3.33. The lowest BCUT2D eigenvalue weighted by Gasteiger charge is -2.19. The molecule has 0 radical (unpaired) electrons. The van der Waals surface area contributed by atoms with E-state index in [-0.39, 0.29) is 6.04 Å². The summed E-state index contributed by atoms with van der Waals surface area (Å²) in [4.78, 5) is 0. The maximum absolute atomic E-state index is 5.73. The summed E-state index contributed by atoms with van der Waals surface area (Å²) in [6.45, 7) is 2.08. The molecule has 0 bridgehead atoms. The van der Waals surface area contributed by atoms with Crippen LogP contribution in [-0.4, -0.2) is 7.11 Å². The zero-order valence-electron chi connectivity index (χ0n) is 11.7. The Morgan fingerprint density at radius 2 is 1.90 bits per heavy atom. The Hall–Kier alpha value is -1.36. The van der Waals surface area contributed by atoms with E-state index < -0.39 is 0 Å². The molecule has 1 unspecified atom stereocenters. The van der Waals surface area contributed by atoms with Gasteiger partial charge in [0.15, 0.2) is 0 Å². The van der Waals surface area contributed by atoms with E-state index in [4.69, 9.17) is 10.6 Å². The van der Waals surface area contributed by atoms with Crippen LogP contribution in [0.2, 0.25) is 0 Å². The molecule has 1 atom stereocenters. The first-order valence-corrected chi connectivity index (χ1v) is 7.28. The van der Waals surface area contributed by atoms with Crippen LogP contribution in [0.5, 0.6) is 5.75 Å². The van der Waals surface area contributed by atoms with Crippen molar-refractivity contribution in [2.45, 2.75) is 19.4 Å². The highest BCUT2D eigenvalue weighted by Crippen LogP contribution is 2.30. The van der Waals surface area contributed by atoms with Crippen LogP contribution < -0.4 is 16.0 Å². The fraction of sp³-hybridized carbons (Fsp3) is 0.250. The summed E-state index contributed by atoms with van der Waals surface area (Å²) in [7, 11) is 1.67. The second-order valence-corrected chi connectivity index (χ2v) is 5.71. The van der Waals surface area contributed by atoms with Crippen molar-refractivity contribution in [3.63, 3.8) is 0 Å². The van der Waals surface area contributed by atoms with Gasteiger partial charge in [0.1, 0.15) is 5.75 Å². The van der Waals surface area contributed by atoms with Gasteiger partial charge in [-0.3, -0.25) is 11.3 Å². The van der Waals surface area contributed by atoms with Crippen molar-refractivity contribution < 1.29 is 4.74 Å². The molecule has 0 amide bonds. The normalized spacial score (nSPS) is 12.2. The number of nitrogens with two attached hydrogens (primary N) is 1. The van der Waals surface area contributed by atoms with E-state index in [1.807, 2.05) is 18.2 Å². The predicted molar refractivity (Wildman–Crippen MR) is 85.6 cm³/mol. The van der Waals surface area contributed by atoms with Crippen LogP contribution >= 0.6 is 15.9 Å². The molecule has 2 rings (SSSR count). The molecule has 4 heteroatoms. The van der Waals surface area contributed by atoms with Gasteiger partial charge in [-0.2, -0.15) is 0 Å². The van der Waals surface area contributed by atoms with E-state index in [0.717, 1.165) is 22.2 Å². The minimum absolute atomic E-state index is 0.0146. The van der Waals surface area contributed by atoms with Gasteiger partial charge in [0.05, 0.1) is 13.2 Å². The number of hydrogen-bond donors (Lipinski definition) is 2. The summed E-state index contributed by atoms with van der Waals surface area (Å²) in [5.74, 6) is 6.56. The lowest BCUT2D eigenvalue weighted by molar-refractivity contribution is 0.398. The molecular weight excluding hydrogens is 316 g/mol. The average Bonchev–Trinajstić information content (AvgIpc) is 2.47. The first-order valence-electron chi connectivity index (χ1n) is 6.49. The van der Waals surface area contributed by atoms with E-state index >= 15 is 0 Å². The van der Waals surface area contributed by atoms with Crippen LogP contribution in [0.15, 0.2) is 46.9 Å². The molecule has 0 aliphatic carbocycles. The summed E-state index contributed by atoms with van der Waals surface area (Å²) < 4.78 is 6.43. The summed E-state index contributed by atoms with van der Waals surface area (Å²) in [5, 5.41) is 0. The van der Waals surface area contributed by atoms with Crippen molar-refractivity contribution in [3.8, 4) is 5.75 Å². The minimum atomic E-state index is 0.0146. The molecule has 3 N–H and O–H groups in total. The number of hydrazine groups is 1. The molecule has 0 spiro atoms. The topological polar surface area (TPSA) is 47.3 Å². The number of halogens is 1. The summed E-state index contributed by atoms with van der Waals surface area (Å²) >= 11 is 3.45. The number of benzene rings is 2. The van der Waals surface area contributed by atoms with Crippen LogP contribution in [-0.2, 0) is 6.42 Å². The fourth-order valence-electron chi connectivity index (χ4n) is 2.19. The standard InChI is InChI=1S/C16H19BrN2O/c1-11-3-5-12(6-4-11)9-15(19-18)14-8-7-13(17)10-16(14)20-2/h3-8,10,15,19H,9,18H2,1-2H3. The van der Waals surface area contributed by atoms with E-state index in [0.29, 0.717) is 0 Å². The van der Waals surface area contributed by atoms with E-state index in [9.17, 15) is 0 Å². The first kappa shape index (κ1) is 15.0. The highest BCUT2D eigenvalue weighted by molar-refractivity contribution is 9.10. The number of ether oxygens (including phenoxy) is 1. The Morgan fingerprint density at radius 1 is 1.20 bits per heavy atom. The number of hydrogen-bond acceptors (Lipinski definition) is 3. The minimum Gasteiger partial charge on any atom is -0.496 e. The first-order chi connectivity index (χ1) is 9.63. The van der Waals surface area contributed by atoms with Gasteiger partial charge in [-0.1, -0.05) is 51.8 Å². The lowest BCUT2D eigenvalue weighted by Crippen LogP contribution is -2.29. The van der Waals surface area contributed by atoms with Gasteiger partial charge in [0.25, 0.3) is 0 Å². The lowest BCUT2D eigenvalue weighted by atomic mass is 9.98. The third kappa shape index (κ3) is 3.60. The molecule has 0 aliphatic rings. The van der Waals surface area contributed by atoms with Crippen molar-refractivity contribution in [2.75, 3.05) is 7.11 Å². The smallest absolute Gasteiger partial charge is 0.124 e. The Morgan fingerprint density at radius 3 is 2.50 bits per heavy atom. The zero-order valence-corrected chi connectivity index (χ0v) is 13.3. The fourth-order valence-corrected chi connectivity index (χ4v) is 2.53. The van der Waals surface area contributed by atoms with Crippen molar-refractivity contribution >= 4 is 15.9 Å². The van der Waals surface area contributed by atoms with Crippen molar-refractivity contribution in [1.82, 2.24) is 5.43 Å². The number of rotatable bonds is 5. The average molecular weight is 335 g/mol. The van der Waals surface area contributed by atoms with Gasteiger partial charge in [0.2, 0.25) is 0 Å². The van der Waals surface area contributed by atoms with Crippen LogP contribution in [0, 0.1) is 6.92 Å². The maximum atomic E-state index is 5.73. The molecule has 2 aromatic carbocycles. The predicted octanol–water partition coefficient (Wildman–Crippen LogP) is 3.51. The molecule has 2 aromatic rings. The monoisotopic (exact) mass is 334 g/mol. The molecule has 0 saturated heterocycles. The van der Waals surface area contributed by atoms with E-state index in [2.05, 4.69) is 52.5 Å². The molecule has 0 aromatic heterocycles. The number of aryl methyl sites for hydroxylation is 1. The van der Waals surface area contributed by atoms with Gasteiger partial charge in [-0.05, 0) is 31.0 Å². The Labute approximate surface area is 128 Å². The van der Waals surface area contributed by atoms with Gasteiger partial charge < -0.3 is 4.74 Å². The molecule has 0 heterocycles. The largest absolute Gasteiger partial charge is 0.496 e. The Kier molecular flexibility index (Phi) is 5.17. The number of nitrogens with one attached hydrogen (secondary N) is 1. The van der Waals surface area contributed by atoms with Crippen molar-refractivity contribution in [2.24, 2.45) is 5.84 Å². The maximum Gasteiger partial charge on any atom is 0.124 e. The zero-order chi connectivity index (χ0) is 14.5. The van der Waals surface area contributed by atoms with Crippen LogP contribution in [0.1, 0.15) is 22.7 Å². The van der Waals surface area contributed by atoms with E-state index in [1.54, 1.807) is 7.11 Å². The molecule has 3 nitrogen and oxygen atoms in total. The highest BCUT2D eigenvalue weighted by atomic mass is 79.9. The molecule has 106 valence electrons. The molecule has 0 saturated carbocycles. The van der Waals surface area contributed by atoms with Crippen molar-refractivity contribution in [3.05, 3.63) is 63.6 Å². The molecule has 0 aliphatic heterocycles. The second-order valence-electron chi connectivity index (χ2n) is 4.80. The summed E-state index contributed by atoms with van der Waals surface area (Å²) in [6, 6.07) is 14.5. The summed E-state index contributed by atoms with van der Waals surface area (Å²) in [6.07, 6.45) is 0.814. The Bertz CT molecular complexity index is 569. The van der Waals surface area contributed by atoms with E-state index in [1.165, 1.54) is 11.1 Å². The summed E-state index contributed by atoms with van der Waals surface area (Å²) in [5.41, 5.74) is 6.43. The molecular formula is C16H19BrN2O. The number of methoxy groups -OCH3 is 1. The Balaban J connectivity index is 2.26. The van der Waals surface area contributed by atoms with Crippen LogP contribution in [0.4, 0.5) is 0 Å². The van der Waals surface area contributed by atoms with Gasteiger partial charge in [-0.15, -0.1) is 0 Å². The molecule has 0 fully saturated rings.